The van der Waals surface area contributed by atoms with Crippen LogP contribution in [0.25, 0.3) is 6.08 Å². The van der Waals surface area contributed by atoms with E-state index in [0.717, 1.165) is 24.2 Å². The number of Topliss-reactive ketones (excluding diaryl/α,β-unsaturated/α-hetero) is 1. The SMILES string of the molecule is COc1ccc(/C=C2/CCCC2CC(=O)c2ccccc2)cc1. The molecular weight excluding hydrogens is 284 g/mol. The molecule has 2 heteroatoms. The van der Waals surface area contributed by atoms with Crippen molar-refractivity contribution in [1.82, 2.24) is 0 Å². The molecule has 0 radical (unpaired) electrons. The minimum Gasteiger partial charge on any atom is -0.497 e. The minimum atomic E-state index is 0.248. The zero-order chi connectivity index (χ0) is 16.1. The van der Waals surface area contributed by atoms with Gasteiger partial charge in [-0.2, -0.15) is 0 Å². The monoisotopic (exact) mass is 306 g/mol. The summed E-state index contributed by atoms with van der Waals surface area (Å²) in [4.78, 5) is 12.4. The van der Waals surface area contributed by atoms with Crippen LogP contribution in [0.5, 0.6) is 5.75 Å². The van der Waals surface area contributed by atoms with E-state index in [9.17, 15) is 4.79 Å². The van der Waals surface area contributed by atoms with Gasteiger partial charge in [0.1, 0.15) is 5.75 Å². The van der Waals surface area contributed by atoms with Gasteiger partial charge >= 0.3 is 0 Å². The van der Waals surface area contributed by atoms with Crippen LogP contribution in [-0.2, 0) is 0 Å². The van der Waals surface area contributed by atoms with E-state index in [1.165, 1.54) is 17.6 Å². The van der Waals surface area contributed by atoms with Crippen molar-refractivity contribution in [1.29, 1.82) is 0 Å². The molecule has 0 aromatic heterocycles. The lowest BCUT2D eigenvalue weighted by atomic mass is 9.92. The molecular formula is C21H22O2. The summed E-state index contributed by atoms with van der Waals surface area (Å²) in [5.41, 5.74) is 3.41. The first-order valence-electron chi connectivity index (χ1n) is 8.19. The van der Waals surface area contributed by atoms with Gasteiger partial charge in [-0.05, 0) is 42.9 Å². The maximum atomic E-state index is 12.4. The highest BCUT2D eigenvalue weighted by Gasteiger charge is 2.23. The van der Waals surface area contributed by atoms with Crippen molar-refractivity contribution >= 4 is 11.9 Å². The molecule has 118 valence electrons. The van der Waals surface area contributed by atoms with E-state index in [4.69, 9.17) is 4.74 Å². The van der Waals surface area contributed by atoms with Gasteiger partial charge < -0.3 is 4.74 Å². The van der Waals surface area contributed by atoms with Crippen LogP contribution in [-0.4, -0.2) is 12.9 Å². The van der Waals surface area contributed by atoms with Crippen LogP contribution in [0.4, 0.5) is 0 Å². The van der Waals surface area contributed by atoms with Crippen molar-refractivity contribution in [2.45, 2.75) is 25.7 Å². The predicted molar refractivity (Wildman–Crippen MR) is 93.7 cm³/mol. The molecule has 1 saturated carbocycles. The fraction of sp³-hybridized carbons (Fsp3) is 0.286. The van der Waals surface area contributed by atoms with Gasteiger partial charge in [0.05, 0.1) is 7.11 Å². The third-order valence-electron chi connectivity index (χ3n) is 4.54. The number of benzene rings is 2. The molecule has 0 aliphatic heterocycles. The third-order valence-corrected chi connectivity index (χ3v) is 4.54. The Morgan fingerprint density at radius 3 is 2.57 bits per heavy atom. The molecule has 23 heavy (non-hydrogen) atoms. The second kappa shape index (κ2) is 7.28. The number of hydrogen-bond donors (Lipinski definition) is 0. The van der Waals surface area contributed by atoms with Gasteiger partial charge in [-0.3, -0.25) is 4.79 Å². The van der Waals surface area contributed by atoms with Crippen LogP contribution in [0.1, 0.15) is 41.6 Å². The summed E-state index contributed by atoms with van der Waals surface area (Å²) in [6, 6.07) is 17.7. The summed E-state index contributed by atoms with van der Waals surface area (Å²) in [7, 11) is 1.68. The Balaban J connectivity index is 1.72. The van der Waals surface area contributed by atoms with E-state index >= 15 is 0 Å². The Bertz CT molecular complexity index is 684. The maximum absolute atomic E-state index is 12.4. The summed E-state index contributed by atoms with van der Waals surface area (Å²) in [5, 5.41) is 0. The highest BCUT2D eigenvalue weighted by Crippen LogP contribution is 2.35. The Labute approximate surface area is 137 Å². The van der Waals surface area contributed by atoms with Gasteiger partial charge in [0.15, 0.2) is 5.78 Å². The minimum absolute atomic E-state index is 0.248. The number of allylic oxidation sites excluding steroid dienone is 1. The Hall–Kier alpha value is -2.35. The quantitative estimate of drug-likeness (QED) is 0.714. The van der Waals surface area contributed by atoms with E-state index in [0.29, 0.717) is 12.3 Å². The normalized spacial score (nSPS) is 19.0. The molecule has 1 aliphatic rings. The van der Waals surface area contributed by atoms with Crippen LogP contribution in [0.15, 0.2) is 60.2 Å². The van der Waals surface area contributed by atoms with E-state index in [-0.39, 0.29) is 5.78 Å². The zero-order valence-electron chi connectivity index (χ0n) is 13.5. The van der Waals surface area contributed by atoms with Gasteiger partial charge in [0.25, 0.3) is 0 Å². The van der Waals surface area contributed by atoms with Gasteiger partial charge in [-0.25, -0.2) is 0 Å². The molecule has 3 rings (SSSR count). The first kappa shape index (κ1) is 15.5. The summed E-state index contributed by atoms with van der Waals surface area (Å²) in [6.07, 6.45) is 6.25. The molecule has 1 atom stereocenters. The topological polar surface area (TPSA) is 26.3 Å². The molecule has 1 unspecified atom stereocenters. The Morgan fingerprint density at radius 2 is 1.87 bits per heavy atom. The smallest absolute Gasteiger partial charge is 0.163 e. The molecule has 0 saturated heterocycles. The van der Waals surface area contributed by atoms with Gasteiger partial charge in [-0.15, -0.1) is 0 Å². The average molecular weight is 306 g/mol. The van der Waals surface area contributed by atoms with Crippen LogP contribution in [0, 0.1) is 5.92 Å². The van der Waals surface area contributed by atoms with Gasteiger partial charge in [-0.1, -0.05) is 54.1 Å². The number of hydrogen-bond acceptors (Lipinski definition) is 2. The predicted octanol–water partition coefficient (Wildman–Crippen LogP) is 5.15. The number of ether oxygens (including phenoxy) is 1. The molecule has 2 nitrogen and oxygen atoms in total. The molecule has 1 aliphatic carbocycles. The standard InChI is InChI=1S/C21H22O2/c1-23-20-12-10-16(11-13-20)14-18-8-5-9-19(18)15-21(22)17-6-3-2-4-7-17/h2-4,6-7,10-14,19H,5,8-9,15H2,1H3/b18-14-. The maximum Gasteiger partial charge on any atom is 0.163 e. The summed E-state index contributed by atoms with van der Waals surface area (Å²) in [6.45, 7) is 0. The highest BCUT2D eigenvalue weighted by atomic mass is 16.5. The van der Waals surface area contributed by atoms with Crippen molar-refractivity contribution in [3.05, 3.63) is 71.3 Å². The molecule has 2 aromatic rings. The van der Waals surface area contributed by atoms with Crippen LogP contribution >= 0.6 is 0 Å². The lowest BCUT2D eigenvalue weighted by Crippen LogP contribution is -2.07. The van der Waals surface area contributed by atoms with Crippen LogP contribution in [0.3, 0.4) is 0 Å². The summed E-state index contributed by atoms with van der Waals surface area (Å²) < 4.78 is 5.20. The van der Waals surface area contributed by atoms with Crippen molar-refractivity contribution in [2.75, 3.05) is 7.11 Å². The van der Waals surface area contributed by atoms with Gasteiger partial charge in [0.2, 0.25) is 0 Å². The van der Waals surface area contributed by atoms with Crippen molar-refractivity contribution in [3.8, 4) is 5.75 Å². The lowest BCUT2D eigenvalue weighted by molar-refractivity contribution is 0.0968. The Kier molecular flexibility index (Phi) is 4.92. The number of carbonyl (C=O) groups excluding carboxylic acids is 1. The van der Waals surface area contributed by atoms with E-state index < -0.39 is 0 Å². The number of ketones is 1. The number of methoxy groups -OCH3 is 1. The largest absolute Gasteiger partial charge is 0.497 e. The first-order chi connectivity index (χ1) is 11.3. The first-order valence-corrected chi connectivity index (χ1v) is 8.19. The molecule has 1 fully saturated rings. The van der Waals surface area contributed by atoms with E-state index in [1.807, 2.05) is 42.5 Å². The van der Waals surface area contributed by atoms with Crippen molar-refractivity contribution in [2.24, 2.45) is 5.92 Å². The fourth-order valence-electron chi connectivity index (χ4n) is 3.25. The summed E-state index contributed by atoms with van der Waals surface area (Å²) in [5.74, 6) is 1.50. The molecule has 2 aromatic carbocycles. The molecule has 0 heterocycles. The molecule has 0 N–H and O–H groups in total. The third kappa shape index (κ3) is 3.89. The van der Waals surface area contributed by atoms with Gasteiger partial charge in [0, 0.05) is 12.0 Å². The second-order valence-electron chi connectivity index (χ2n) is 6.07. The lowest BCUT2D eigenvalue weighted by Gasteiger charge is -2.12. The Morgan fingerprint density at radius 1 is 1.13 bits per heavy atom. The molecule has 0 bridgehead atoms. The summed E-state index contributed by atoms with van der Waals surface area (Å²) >= 11 is 0. The number of carbonyl (C=O) groups is 1. The molecule has 0 spiro atoms. The van der Waals surface area contributed by atoms with Crippen LogP contribution in [0.2, 0.25) is 0 Å². The fourth-order valence-corrected chi connectivity index (χ4v) is 3.25. The average Bonchev–Trinajstić information content (AvgIpc) is 3.03. The van der Waals surface area contributed by atoms with E-state index in [2.05, 4.69) is 18.2 Å². The number of rotatable bonds is 5. The molecule has 0 amide bonds. The van der Waals surface area contributed by atoms with Crippen molar-refractivity contribution in [3.63, 3.8) is 0 Å². The van der Waals surface area contributed by atoms with Crippen LogP contribution < -0.4 is 4.74 Å². The van der Waals surface area contributed by atoms with Crippen molar-refractivity contribution < 1.29 is 9.53 Å². The second-order valence-corrected chi connectivity index (χ2v) is 6.07. The zero-order valence-corrected chi connectivity index (χ0v) is 13.5. The van der Waals surface area contributed by atoms with E-state index in [1.54, 1.807) is 7.11 Å². The highest BCUT2D eigenvalue weighted by molar-refractivity contribution is 5.96.